The van der Waals surface area contributed by atoms with Gasteiger partial charge in [0.15, 0.2) is 0 Å². The molecule has 2 rings (SSSR count). The van der Waals surface area contributed by atoms with Crippen LogP contribution in [0.4, 0.5) is 0 Å². The molecule has 1 aliphatic rings. The lowest BCUT2D eigenvalue weighted by Gasteiger charge is -2.22. The van der Waals surface area contributed by atoms with E-state index in [4.69, 9.17) is 11.6 Å². The Bertz CT molecular complexity index is 718. The summed E-state index contributed by atoms with van der Waals surface area (Å²) in [5.41, 5.74) is 4.45. The highest BCUT2D eigenvalue weighted by molar-refractivity contribution is 6.35. The Morgan fingerprint density at radius 3 is 2.27 bits per heavy atom. The van der Waals surface area contributed by atoms with Crippen molar-refractivity contribution in [3.05, 3.63) is 34.9 Å². The fraction of sp³-hybridized carbons (Fsp3) is 0.412. The SMILES string of the molecule is CC(C)[C@H](NC(=O)c1ccccc1Cl)C(=O)NNC(=O)C(=O)NC1CC1. The summed E-state index contributed by atoms with van der Waals surface area (Å²) < 4.78 is 0. The lowest BCUT2D eigenvalue weighted by molar-refractivity contribution is -0.141. The summed E-state index contributed by atoms with van der Waals surface area (Å²) in [6.45, 7) is 3.47. The van der Waals surface area contributed by atoms with Crippen molar-refractivity contribution in [3.63, 3.8) is 0 Å². The van der Waals surface area contributed by atoms with Crippen molar-refractivity contribution in [3.8, 4) is 0 Å². The van der Waals surface area contributed by atoms with Crippen molar-refractivity contribution < 1.29 is 19.2 Å². The topological polar surface area (TPSA) is 116 Å². The molecular weight excluding hydrogens is 360 g/mol. The maximum Gasteiger partial charge on any atom is 0.327 e. The Hall–Kier alpha value is -2.61. The van der Waals surface area contributed by atoms with Crippen LogP contribution in [0.1, 0.15) is 37.0 Å². The zero-order valence-electron chi connectivity index (χ0n) is 14.5. The standard InChI is InChI=1S/C17H21ClN4O4/c1-9(2)13(20-14(23)11-5-3-4-6-12(11)18)15(24)21-22-17(26)16(25)19-10-7-8-10/h3-6,9-10,13H,7-8H2,1-2H3,(H,19,25)(H,20,23)(H,21,24)(H,22,26)/t13-/m0/s1. The predicted octanol–water partition coefficient (Wildman–Crippen LogP) is 0.520. The predicted molar refractivity (Wildman–Crippen MR) is 95.0 cm³/mol. The van der Waals surface area contributed by atoms with Crippen LogP contribution in [0.25, 0.3) is 0 Å². The molecule has 1 atom stereocenters. The van der Waals surface area contributed by atoms with Crippen LogP contribution in [0.3, 0.4) is 0 Å². The number of nitrogens with one attached hydrogen (secondary N) is 4. The molecule has 1 aromatic rings. The lowest BCUT2D eigenvalue weighted by atomic mass is 10.0. The third kappa shape index (κ3) is 5.45. The van der Waals surface area contributed by atoms with Crippen molar-refractivity contribution in [2.24, 2.45) is 5.92 Å². The van der Waals surface area contributed by atoms with Gasteiger partial charge < -0.3 is 10.6 Å². The molecule has 0 bridgehead atoms. The average Bonchev–Trinajstić information content (AvgIpc) is 3.41. The smallest absolute Gasteiger partial charge is 0.327 e. The molecule has 4 N–H and O–H groups in total. The Kier molecular flexibility index (Phi) is 6.57. The molecule has 1 aliphatic carbocycles. The molecule has 0 aliphatic heterocycles. The van der Waals surface area contributed by atoms with Crippen molar-refractivity contribution in [1.29, 1.82) is 0 Å². The molecule has 0 aromatic heterocycles. The van der Waals surface area contributed by atoms with E-state index in [9.17, 15) is 19.2 Å². The summed E-state index contributed by atoms with van der Waals surface area (Å²) in [7, 11) is 0. The second kappa shape index (κ2) is 8.66. The van der Waals surface area contributed by atoms with Gasteiger partial charge in [0.25, 0.3) is 11.8 Å². The molecule has 140 valence electrons. The van der Waals surface area contributed by atoms with Crippen molar-refractivity contribution in [2.45, 2.75) is 38.8 Å². The molecule has 4 amide bonds. The van der Waals surface area contributed by atoms with Crippen LogP contribution in [-0.4, -0.2) is 35.7 Å². The van der Waals surface area contributed by atoms with Crippen LogP contribution >= 0.6 is 11.6 Å². The quantitative estimate of drug-likeness (QED) is 0.440. The van der Waals surface area contributed by atoms with E-state index in [1.165, 1.54) is 6.07 Å². The maximum atomic E-state index is 12.3. The summed E-state index contributed by atoms with van der Waals surface area (Å²) in [5.74, 6) is -3.20. The highest BCUT2D eigenvalue weighted by Gasteiger charge is 2.28. The molecule has 1 aromatic carbocycles. The van der Waals surface area contributed by atoms with Crippen LogP contribution in [0.2, 0.25) is 5.02 Å². The number of carbonyl (C=O) groups excluding carboxylic acids is 4. The molecule has 9 heteroatoms. The molecule has 0 spiro atoms. The fourth-order valence-electron chi connectivity index (χ4n) is 2.13. The first-order chi connectivity index (χ1) is 12.3. The Balaban J connectivity index is 1.92. The highest BCUT2D eigenvalue weighted by atomic mass is 35.5. The molecule has 26 heavy (non-hydrogen) atoms. The van der Waals surface area contributed by atoms with E-state index in [-0.39, 0.29) is 22.5 Å². The molecule has 1 saturated carbocycles. The third-order valence-electron chi connectivity index (χ3n) is 3.77. The molecular formula is C17H21ClN4O4. The van der Waals surface area contributed by atoms with Gasteiger partial charge in [0, 0.05) is 6.04 Å². The average molecular weight is 381 g/mol. The Morgan fingerprint density at radius 1 is 1.04 bits per heavy atom. The summed E-state index contributed by atoms with van der Waals surface area (Å²) in [6.07, 6.45) is 1.68. The zero-order chi connectivity index (χ0) is 19.3. The van der Waals surface area contributed by atoms with Crippen LogP contribution < -0.4 is 21.5 Å². The second-order valence-electron chi connectivity index (χ2n) is 6.37. The van der Waals surface area contributed by atoms with Crippen LogP contribution in [0.15, 0.2) is 24.3 Å². The first kappa shape index (κ1) is 19.7. The number of amides is 4. The van der Waals surface area contributed by atoms with Gasteiger partial charge in [-0.1, -0.05) is 37.6 Å². The lowest BCUT2D eigenvalue weighted by Crippen LogP contribution is -2.56. The van der Waals surface area contributed by atoms with E-state index in [0.717, 1.165) is 12.8 Å². The molecule has 0 unspecified atom stereocenters. The van der Waals surface area contributed by atoms with Gasteiger partial charge in [0.2, 0.25) is 0 Å². The summed E-state index contributed by atoms with van der Waals surface area (Å²) >= 11 is 5.98. The van der Waals surface area contributed by atoms with Gasteiger partial charge in [0.05, 0.1) is 10.6 Å². The largest absolute Gasteiger partial charge is 0.345 e. The van der Waals surface area contributed by atoms with Crippen LogP contribution in [-0.2, 0) is 14.4 Å². The number of hydrazine groups is 1. The highest BCUT2D eigenvalue weighted by Crippen LogP contribution is 2.18. The van der Waals surface area contributed by atoms with Crippen LogP contribution in [0.5, 0.6) is 0 Å². The van der Waals surface area contributed by atoms with Crippen molar-refractivity contribution >= 4 is 35.2 Å². The van der Waals surface area contributed by atoms with Gasteiger partial charge in [-0.25, -0.2) is 0 Å². The molecule has 8 nitrogen and oxygen atoms in total. The number of hydrogen-bond acceptors (Lipinski definition) is 4. The summed E-state index contributed by atoms with van der Waals surface area (Å²) in [4.78, 5) is 47.8. The Morgan fingerprint density at radius 2 is 1.69 bits per heavy atom. The van der Waals surface area contributed by atoms with Crippen molar-refractivity contribution in [2.75, 3.05) is 0 Å². The van der Waals surface area contributed by atoms with E-state index in [0.29, 0.717) is 0 Å². The minimum Gasteiger partial charge on any atom is -0.345 e. The van der Waals surface area contributed by atoms with E-state index in [2.05, 4.69) is 16.1 Å². The van der Waals surface area contributed by atoms with Gasteiger partial charge in [-0.15, -0.1) is 0 Å². The van der Waals surface area contributed by atoms with Gasteiger partial charge in [-0.2, -0.15) is 0 Å². The van der Waals surface area contributed by atoms with Gasteiger partial charge in [-0.3, -0.25) is 30.0 Å². The minimum absolute atomic E-state index is 0.0299. The number of halogens is 1. The first-order valence-electron chi connectivity index (χ1n) is 8.25. The maximum absolute atomic E-state index is 12.3. The fourth-order valence-corrected chi connectivity index (χ4v) is 2.35. The first-order valence-corrected chi connectivity index (χ1v) is 8.63. The van der Waals surface area contributed by atoms with E-state index in [1.54, 1.807) is 32.0 Å². The van der Waals surface area contributed by atoms with E-state index in [1.807, 2.05) is 5.43 Å². The number of rotatable bonds is 5. The summed E-state index contributed by atoms with van der Waals surface area (Å²) in [5, 5.41) is 5.35. The zero-order valence-corrected chi connectivity index (χ0v) is 15.2. The monoisotopic (exact) mass is 380 g/mol. The summed E-state index contributed by atoms with van der Waals surface area (Å²) in [6, 6.07) is 5.56. The number of benzene rings is 1. The molecule has 0 saturated heterocycles. The molecule has 1 fully saturated rings. The normalized spacial score (nSPS) is 14.3. The van der Waals surface area contributed by atoms with Gasteiger partial charge in [-0.05, 0) is 30.9 Å². The van der Waals surface area contributed by atoms with E-state index >= 15 is 0 Å². The van der Waals surface area contributed by atoms with Crippen LogP contribution in [0, 0.1) is 5.92 Å². The minimum atomic E-state index is -0.967. The number of carbonyl (C=O) groups is 4. The van der Waals surface area contributed by atoms with Gasteiger partial charge >= 0.3 is 11.8 Å². The Labute approximate surface area is 156 Å². The second-order valence-corrected chi connectivity index (χ2v) is 6.77. The van der Waals surface area contributed by atoms with Crippen molar-refractivity contribution in [1.82, 2.24) is 21.5 Å². The number of hydrogen-bond donors (Lipinski definition) is 4. The molecule has 0 heterocycles. The van der Waals surface area contributed by atoms with E-state index < -0.39 is 29.7 Å². The van der Waals surface area contributed by atoms with Gasteiger partial charge in [0.1, 0.15) is 6.04 Å². The molecule has 0 radical (unpaired) electrons. The third-order valence-corrected chi connectivity index (χ3v) is 4.10.